The van der Waals surface area contributed by atoms with Gasteiger partial charge in [0, 0.05) is 25.0 Å². The number of pyridine rings is 1. The molecule has 0 saturated carbocycles. The zero-order valence-corrected chi connectivity index (χ0v) is 13.6. The molecule has 0 aliphatic heterocycles. The lowest BCUT2D eigenvalue weighted by molar-refractivity contribution is 0.0781. The first kappa shape index (κ1) is 14.6. The van der Waals surface area contributed by atoms with Crippen LogP contribution in [0.4, 0.5) is 0 Å². The molecule has 0 spiro atoms. The summed E-state index contributed by atoms with van der Waals surface area (Å²) in [5, 5.41) is 5.93. The van der Waals surface area contributed by atoms with Crippen LogP contribution in [-0.2, 0) is 6.54 Å². The molecule has 0 aliphatic carbocycles. The molecule has 24 heavy (non-hydrogen) atoms. The molecule has 4 aromatic rings. The number of aromatic amines is 1. The van der Waals surface area contributed by atoms with Gasteiger partial charge in [0.25, 0.3) is 11.5 Å². The van der Waals surface area contributed by atoms with E-state index in [9.17, 15) is 9.59 Å². The average molecular weight is 339 g/mol. The third-order valence-corrected chi connectivity index (χ3v) is 4.65. The fourth-order valence-corrected chi connectivity index (χ4v) is 3.29. The lowest BCUT2D eigenvalue weighted by atomic mass is 10.2. The molecular weight excluding hydrogens is 326 g/mol. The fraction of sp³-hybridized carbons (Fsp3) is 0.125. The van der Waals surface area contributed by atoms with Gasteiger partial charge in [-0.15, -0.1) is 11.3 Å². The highest BCUT2D eigenvalue weighted by Crippen LogP contribution is 2.15. The Labute approximate surface area is 140 Å². The van der Waals surface area contributed by atoms with Gasteiger partial charge in [-0.05, 0) is 29.6 Å². The van der Waals surface area contributed by atoms with E-state index in [1.165, 1.54) is 16.2 Å². The molecule has 120 valence electrons. The van der Waals surface area contributed by atoms with Crippen LogP contribution in [0.3, 0.4) is 0 Å². The number of rotatable bonds is 3. The number of fused-ring (bicyclic) bond motifs is 2. The molecule has 7 nitrogen and oxygen atoms in total. The zero-order valence-electron chi connectivity index (χ0n) is 12.8. The van der Waals surface area contributed by atoms with E-state index in [0.717, 1.165) is 5.52 Å². The highest BCUT2D eigenvalue weighted by Gasteiger charge is 2.15. The summed E-state index contributed by atoms with van der Waals surface area (Å²) in [7, 11) is 1.68. The third kappa shape index (κ3) is 2.46. The first-order chi connectivity index (χ1) is 11.6. The van der Waals surface area contributed by atoms with E-state index >= 15 is 0 Å². The lowest BCUT2D eigenvalue weighted by Crippen LogP contribution is -2.28. The summed E-state index contributed by atoms with van der Waals surface area (Å²) in [6, 6.07) is 7.13. The van der Waals surface area contributed by atoms with Crippen molar-refractivity contribution in [2.75, 3.05) is 7.05 Å². The second-order valence-corrected chi connectivity index (χ2v) is 6.34. The van der Waals surface area contributed by atoms with Crippen LogP contribution in [0.2, 0.25) is 0 Å². The van der Waals surface area contributed by atoms with Crippen LogP contribution in [-0.4, -0.2) is 37.4 Å². The molecule has 1 N–H and O–H groups in total. The van der Waals surface area contributed by atoms with E-state index < -0.39 is 0 Å². The maximum atomic E-state index is 12.6. The second kappa shape index (κ2) is 5.57. The Kier molecular flexibility index (Phi) is 3.39. The highest BCUT2D eigenvalue weighted by atomic mass is 32.1. The van der Waals surface area contributed by atoms with Gasteiger partial charge in [0.2, 0.25) is 0 Å². The summed E-state index contributed by atoms with van der Waals surface area (Å²) in [6.07, 6.45) is 3.42. The highest BCUT2D eigenvalue weighted by molar-refractivity contribution is 7.17. The monoisotopic (exact) mass is 339 g/mol. The number of hydrogen-bond donors (Lipinski definition) is 1. The Morgan fingerprint density at radius 2 is 2.25 bits per heavy atom. The standard InChI is InChI=1S/C16H13N5O2S/c1-20(9-13-18-12-4-7-24-14(12)15(22)19-13)16(23)10-3-6-21-11(8-10)2-5-17-21/h2-8H,9H2,1H3,(H,18,19,22). The van der Waals surface area contributed by atoms with Gasteiger partial charge in [-0.1, -0.05) is 0 Å². The van der Waals surface area contributed by atoms with Crippen LogP contribution < -0.4 is 5.56 Å². The Morgan fingerprint density at radius 3 is 3.12 bits per heavy atom. The van der Waals surface area contributed by atoms with Crippen LogP contribution in [0.5, 0.6) is 0 Å². The van der Waals surface area contributed by atoms with Crippen molar-refractivity contribution in [1.82, 2.24) is 24.5 Å². The van der Waals surface area contributed by atoms with Gasteiger partial charge in [0.15, 0.2) is 0 Å². The number of carbonyl (C=O) groups excluding carboxylic acids is 1. The van der Waals surface area contributed by atoms with Crippen LogP contribution in [0.15, 0.2) is 46.8 Å². The maximum Gasteiger partial charge on any atom is 0.268 e. The minimum Gasteiger partial charge on any atom is -0.334 e. The van der Waals surface area contributed by atoms with Crippen molar-refractivity contribution in [2.24, 2.45) is 0 Å². The van der Waals surface area contributed by atoms with Gasteiger partial charge < -0.3 is 9.88 Å². The number of nitrogens with zero attached hydrogens (tertiary/aromatic N) is 4. The SMILES string of the molecule is CN(Cc1nc2ccsc2c(=O)[nH]1)C(=O)c1ccn2nccc2c1. The maximum absolute atomic E-state index is 12.6. The molecule has 0 unspecified atom stereocenters. The van der Waals surface area contributed by atoms with E-state index in [2.05, 4.69) is 15.1 Å². The number of H-pyrrole nitrogens is 1. The van der Waals surface area contributed by atoms with E-state index in [4.69, 9.17) is 0 Å². The van der Waals surface area contributed by atoms with Gasteiger partial charge in [0.05, 0.1) is 17.6 Å². The molecule has 0 radical (unpaired) electrons. The van der Waals surface area contributed by atoms with Crippen molar-refractivity contribution >= 4 is 33.0 Å². The molecule has 1 amide bonds. The molecule has 4 aromatic heterocycles. The number of aromatic nitrogens is 4. The van der Waals surface area contributed by atoms with Crippen molar-refractivity contribution in [1.29, 1.82) is 0 Å². The molecule has 0 aromatic carbocycles. The topological polar surface area (TPSA) is 83.4 Å². The van der Waals surface area contributed by atoms with E-state index in [-0.39, 0.29) is 18.0 Å². The summed E-state index contributed by atoms with van der Waals surface area (Å²) >= 11 is 1.35. The summed E-state index contributed by atoms with van der Waals surface area (Å²) in [6.45, 7) is 0.226. The average Bonchev–Trinajstić information content (AvgIpc) is 3.22. The Morgan fingerprint density at radius 1 is 1.38 bits per heavy atom. The van der Waals surface area contributed by atoms with Gasteiger partial charge in [-0.2, -0.15) is 5.10 Å². The summed E-state index contributed by atoms with van der Waals surface area (Å²) in [5.41, 5.74) is 1.89. The third-order valence-electron chi connectivity index (χ3n) is 3.74. The number of hydrogen-bond acceptors (Lipinski definition) is 5. The lowest BCUT2D eigenvalue weighted by Gasteiger charge is -2.16. The molecule has 4 heterocycles. The summed E-state index contributed by atoms with van der Waals surface area (Å²) in [5.74, 6) is 0.318. The number of amides is 1. The number of carbonyl (C=O) groups is 1. The molecule has 0 saturated heterocycles. The van der Waals surface area contributed by atoms with Crippen LogP contribution in [0.1, 0.15) is 16.2 Å². The van der Waals surface area contributed by atoms with Gasteiger partial charge in [0.1, 0.15) is 10.5 Å². The predicted molar refractivity (Wildman–Crippen MR) is 91.2 cm³/mol. The van der Waals surface area contributed by atoms with Crippen LogP contribution in [0, 0.1) is 0 Å². The van der Waals surface area contributed by atoms with Crippen molar-refractivity contribution in [3.05, 3.63) is 63.8 Å². The van der Waals surface area contributed by atoms with E-state index in [1.54, 1.807) is 42.2 Å². The summed E-state index contributed by atoms with van der Waals surface area (Å²) in [4.78, 5) is 33.3. The quantitative estimate of drug-likeness (QED) is 0.618. The predicted octanol–water partition coefficient (Wildman–Crippen LogP) is 1.90. The van der Waals surface area contributed by atoms with E-state index in [1.807, 2.05) is 11.4 Å². The number of nitrogens with one attached hydrogen (secondary N) is 1. The Balaban J connectivity index is 1.60. The minimum absolute atomic E-state index is 0.147. The molecular formula is C16H13N5O2S. The van der Waals surface area contributed by atoms with Gasteiger partial charge in [-0.3, -0.25) is 9.59 Å². The molecule has 4 rings (SSSR count). The smallest absolute Gasteiger partial charge is 0.268 e. The van der Waals surface area contributed by atoms with Crippen molar-refractivity contribution < 1.29 is 4.79 Å². The zero-order chi connectivity index (χ0) is 16.7. The first-order valence-electron chi connectivity index (χ1n) is 7.27. The molecule has 0 fully saturated rings. The minimum atomic E-state index is -0.175. The fourth-order valence-electron chi connectivity index (χ4n) is 2.57. The van der Waals surface area contributed by atoms with Gasteiger partial charge >= 0.3 is 0 Å². The van der Waals surface area contributed by atoms with Crippen LogP contribution in [0.25, 0.3) is 15.7 Å². The number of thiophene rings is 1. The normalized spacial score (nSPS) is 11.2. The Bertz CT molecular complexity index is 1110. The van der Waals surface area contributed by atoms with E-state index in [0.29, 0.717) is 21.6 Å². The van der Waals surface area contributed by atoms with Crippen molar-refractivity contribution in [3.8, 4) is 0 Å². The first-order valence-corrected chi connectivity index (χ1v) is 8.15. The second-order valence-electron chi connectivity index (χ2n) is 5.42. The Hall–Kier alpha value is -3.00. The van der Waals surface area contributed by atoms with Crippen molar-refractivity contribution in [3.63, 3.8) is 0 Å². The molecule has 8 heteroatoms. The van der Waals surface area contributed by atoms with Crippen molar-refractivity contribution in [2.45, 2.75) is 6.54 Å². The summed E-state index contributed by atoms with van der Waals surface area (Å²) < 4.78 is 2.29. The molecule has 0 atom stereocenters. The van der Waals surface area contributed by atoms with Crippen LogP contribution >= 0.6 is 11.3 Å². The largest absolute Gasteiger partial charge is 0.334 e. The van der Waals surface area contributed by atoms with Gasteiger partial charge in [-0.25, -0.2) is 9.50 Å². The molecule has 0 bridgehead atoms. The molecule has 0 aliphatic rings.